The van der Waals surface area contributed by atoms with Gasteiger partial charge >= 0.3 is 0 Å². The molecule has 0 aromatic heterocycles. The van der Waals surface area contributed by atoms with Crippen molar-refractivity contribution in [1.82, 2.24) is 0 Å². The van der Waals surface area contributed by atoms with E-state index in [1.807, 2.05) is 6.07 Å². The molecule has 3 heteroatoms. The van der Waals surface area contributed by atoms with Gasteiger partial charge in [0.15, 0.2) is 11.6 Å². The summed E-state index contributed by atoms with van der Waals surface area (Å²) in [6, 6.07) is 5.04. The highest BCUT2D eigenvalue weighted by Crippen LogP contribution is 2.35. The zero-order valence-corrected chi connectivity index (χ0v) is 9.38. The van der Waals surface area contributed by atoms with Crippen LogP contribution in [-0.4, -0.2) is 13.3 Å². The molecule has 0 heterocycles. The smallest absolute Gasteiger partial charge is 0.165 e. The number of alkyl halides is 1. The first-order chi connectivity index (χ1) is 7.70. The first-order valence-corrected chi connectivity index (χ1v) is 5.68. The third kappa shape index (κ3) is 2.34. The van der Waals surface area contributed by atoms with Crippen LogP contribution in [0.5, 0.6) is 5.75 Å². The Balaban J connectivity index is 2.12. The summed E-state index contributed by atoms with van der Waals surface area (Å²) in [5.41, 5.74) is 0.963. The van der Waals surface area contributed by atoms with Crippen LogP contribution in [0.3, 0.4) is 0 Å². The van der Waals surface area contributed by atoms with Gasteiger partial charge in [-0.15, -0.1) is 0 Å². The predicted octanol–water partition coefficient (Wildman–Crippen LogP) is 3.83. The van der Waals surface area contributed by atoms with Gasteiger partial charge in [0.1, 0.15) is 6.17 Å². The summed E-state index contributed by atoms with van der Waals surface area (Å²) in [7, 11) is 1.45. The number of benzene rings is 1. The van der Waals surface area contributed by atoms with Gasteiger partial charge in [-0.3, -0.25) is 0 Å². The van der Waals surface area contributed by atoms with E-state index in [4.69, 9.17) is 4.74 Å². The zero-order chi connectivity index (χ0) is 11.5. The second-order valence-corrected chi connectivity index (χ2v) is 4.34. The van der Waals surface area contributed by atoms with Crippen molar-refractivity contribution in [3.63, 3.8) is 0 Å². The molecule has 0 bridgehead atoms. The molecule has 1 aliphatic carbocycles. The lowest BCUT2D eigenvalue weighted by atomic mass is 9.83. The molecule has 0 N–H and O–H groups in total. The number of hydrogen-bond donors (Lipinski definition) is 0. The van der Waals surface area contributed by atoms with Crippen molar-refractivity contribution in [1.29, 1.82) is 0 Å². The minimum atomic E-state index is -0.667. The topological polar surface area (TPSA) is 9.23 Å². The van der Waals surface area contributed by atoms with Crippen molar-refractivity contribution in [2.45, 2.75) is 37.8 Å². The fraction of sp³-hybridized carbons (Fsp3) is 0.538. The van der Waals surface area contributed by atoms with E-state index in [0.717, 1.165) is 18.4 Å². The third-order valence-corrected chi connectivity index (χ3v) is 3.30. The van der Waals surface area contributed by atoms with E-state index in [1.54, 1.807) is 6.07 Å². The molecule has 1 aromatic carbocycles. The van der Waals surface area contributed by atoms with Crippen LogP contribution in [0.15, 0.2) is 18.2 Å². The molecular weight excluding hydrogens is 210 g/mol. The molecule has 88 valence electrons. The monoisotopic (exact) mass is 226 g/mol. The summed E-state index contributed by atoms with van der Waals surface area (Å²) >= 11 is 0. The second kappa shape index (κ2) is 4.81. The van der Waals surface area contributed by atoms with Crippen LogP contribution in [0.25, 0.3) is 0 Å². The van der Waals surface area contributed by atoms with E-state index in [1.165, 1.54) is 13.2 Å². The largest absolute Gasteiger partial charge is 0.494 e. The van der Waals surface area contributed by atoms with Crippen molar-refractivity contribution in [3.05, 3.63) is 29.6 Å². The Labute approximate surface area is 94.4 Å². The van der Waals surface area contributed by atoms with Crippen LogP contribution in [0.1, 0.15) is 37.2 Å². The minimum absolute atomic E-state index is 0.267. The number of ether oxygens (including phenoxy) is 1. The maximum atomic E-state index is 13.5. The van der Waals surface area contributed by atoms with Crippen molar-refractivity contribution in [2.75, 3.05) is 7.11 Å². The van der Waals surface area contributed by atoms with Crippen molar-refractivity contribution in [3.8, 4) is 5.75 Å². The van der Waals surface area contributed by atoms with E-state index in [0.29, 0.717) is 18.8 Å². The van der Waals surface area contributed by atoms with Crippen LogP contribution in [0.4, 0.5) is 8.78 Å². The van der Waals surface area contributed by atoms with Crippen molar-refractivity contribution >= 4 is 0 Å². The van der Waals surface area contributed by atoms with E-state index in [2.05, 4.69) is 0 Å². The summed E-state index contributed by atoms with van der Waals surface area (Å²) in [6.07, 6.45) is 2.15. The van der Waals surface area contributed by atoms with Crippen molar-refractivity contribution < 1.29 is 13.5 Å². The molecule has 1 aromatic rings. The Morgan fingerprint density at radius 1 is 1.19 bits per heavy atom. The average Bonchev–Trinajstić information content (AvgIpc) is 2.30. The molecule has 1 aliphatic rings. The molecule has 0 amide bonds. The lowest BCUT2D eigenvalue weighted by molar-refractivity contribution is 0.235. The number of halogens is 2. The van der Waals surface area contributed by atoms with Crippen LogP contribution >= 0.6 is 0 Å². The highest BCUT2D eigenvalue weighted by Gasteiger charge is 2.22. The summed E-state index contributed by atoms with van der Waals surface area (Å²) in [5.74, 6) is 0.234. The molecule has 0 aliphatic heterocycles. The quantitative estimate of drug-likeness (QED) is 0.744. The highest BCUT2D eigenvalue weighted by molar-refractivity contribution is 5.31. The van der Waals surface area contributed by atoms with Gasteiger partial charge < -0.3 is 4.74 Å². The van der Waals surface area contributed by atoms with E-state index >= 15 is 0 Å². The van der Waals surface area contributed by atoms with Gasteiger partial charge in [-0.1, -0.05) is 6.07 Å². The maximum Gasteiger partial charge on any atom is 0.165 e. The Hall–Kier alpha value is -1.12. The van der Waals surface area contributed by atoms with E-state index < -0.39 is 6.17 Å². The molecule has 0 radical (unpaired) electrons. The lowest BCUT2D eigenvalue weighted by Gasteiger charge is -2.24. The molecule has 1 fully saturated rings. The molecule has 0 saturated heterocycles. The molecule has 0 atom stereocenters. The molecule has 0 spiro atoms. The molecule has 1 nitrogen and oxygen atoms in total. The predicted molar refractivity (Wildman–Crippen MR) is 59.1 cm³/mol. The van der Waals surface area contributed by atoms with E-state index in [-0.39, 0.29) is 11.6 Å². The van der Waals surface area contributed by atoms with Crippen LogP contribution in [-0.2, 0) is 0 Å². The lowest BCUT2D eigenvalue weighted by Crippen LogP contribution is -2.13. The van der Waals surface area contributed by atoms with Crippen LogP contribution < -0.4 is 4.74 Å². The fourth-order valence-corrected chi connectivity index (χ4v) is 2.32. The van der Waals surface area contributed by atoms with E-state index in [9.17, 15) is 8.78 Å². The highest BCUT2D eigenvalue weighted by atomic mass is 19.1. The van der Waals surface area contributed by atoms with Gasteiger partial charge in [-0.25, -0.2) is 8.78 Å². The Kier molecular flexibility index (Phi) is 3.42. The normalized spacial score (nSPS) is 25.4. The summed E-state index contributed by atoms with van der Waals surface area (Å²) in [6.45, 7) is 0. The number of rotatable bonds is 2. The number of hydrogen-bond acceptors (Lipinski definition) is 1. The Morgan fingerprint density at radius 2 is 1.88 bits per heavy atom. The second-order valence-electron chi connectivity index (χ2n) is 4.34. The number of methoxy groups -OCH3 is 1. The summed E-state index contributed by atoms with van der Waals surface area (Å²) in [5, 5.41) is 0. The SMILES string of the molecule is COc1ccc(C2CCC(F)CC2)cc1F. The minimum Gasteiger partial charge on any atom is -0.494 e. The first-order valence-electron chi connectivity index (χ1n) is 5.68. The maximum absolute atomic E-state index is 13.5. The summed E-state index contributed by atoms with van der Waals surface area (Å²) < 4.78 is 31.3. The standard InChI is InChI=1S/C13H16F2O/c1-16-13-7-4-10(8-12(13)15)9-2-5-11(14)6-3-9/h4,7-9,11H,2-3,5-6H2,1H3. The van der Waals surface area contributed by atoms with Crippen molar-refractivity contribution in [2.24, 2.45) is 0 Å². The van der Waals surface area contributed by atoms with Gasteiger partial charge in [-0.2, -0.15) is 0 Å². The zero-order valence-electron chi connectivity index (χ0n) is 9.38. The molecule has 1 saturated carbocycles. The summed E-state index contributed by atoms with van der Waals surface area (Å²) in [4.78, 5) is 0. The van der Waals surface area contributed by atoms with Gasteiger partial charge in [0.25, 0.3) is 0 Å². The average molecular weight is 226 g/mol. The van der Waals surface area contributed by atoms with Crippen LogP contribution in [0.2, 0.25) is 0 Å². The van der Waals surface area contributed by atoms with Gasteiger partial charge in [0.05, 0.1) is 7.11 Å². The fourth-order valence-electron chi connectivity index (χ4n) is 2.32. The molecule has 16 heavy (non-hydrogen) atoms. The Morgan fingerprint density at radius 3 is 2.44 bits per heavy atom. The molecule has 0 unspecified atom stereocenters. The van der Waals surface area contributed by atoms with Gasteiger partial charge in [0, 0.05) is 0 Å². The molecular formula is C13H16F2O. The third-order valence-electron chi connectivity index (χ3n) is 3.30. The molecule has 2 rings (SSSR count). The van der Waals surface area contributed by atoms with Crippen LogP contribution in [0, 0.1) is 5.82 Å². The van der Waals surface area contributed by atoms with Gasteiger partial charge in [-0.05, 0) is 49.3 Å². The Bertz CT molecular complexity index is 357. The first kappa shape index (κ1) is 11.4. The van der Waals surface area contributed by atoms with Gasteiger partial charge in [0.2, 0.25) is 0 Å².